The van der Waals surface area contributed by atoms with Gasteiger partial charge >= 0.3 is 0 Å². The number of para-hydroxylation sites is 2. The van der Waals surface area contributed by atoms with Crippen LogP contribution in [0.4, 0.5) is 17.1 Å². The largest absolute Gasteiger partial charge is 0.495 e. The fourth-order valence-corrected chi connectivity index (χ4v) is 1.89. The van der Waals surface area contributed by atoms with E-state index >= 15 is 0 Å². The van der Waals surface area contributed by atoms with Crippen LogP contribution in [-0.2, 0) is 0 Å². The van der Waals surface area contributed by atoms with Gasteiger partial charge in [0.15, 0.2) is 0 Å². The number of halogens is 1. The summed E-state index contributed by atoms with van der Waals surface area (Å²) in [5.41, 5.74) is 8.33. The van der Waals surface area contributed by atoms with Gasteiger partial charge in [0.25, 0.3) is 0 Å². The van der Waals surface area contributed by atoms with E-state index < -0.39 is 0 Å². The molecule has 3 nitrogen and oxygen atoms in total. The first kappa shape index (κ1) is 11.8. The van der Waals surface area contributed by atoms with Crippen LogP contribution in [0.2, 0.25) is 0 Å². The fraction of sp³-hybridized carbons (Fsp3) is 0.0769. The number of benzene rings is 2. The summed E-state index contributed by atoms with van der Waals surface area (Å²) in [5, 5.41) is 3.25. The fourth-order valence-electron chi connectivity index (χ4n) is 1.53. The minimum atomic E-state index is 0.703. The predicted molar refractivity (Wildman–Crippen MR) is 74.8 cm³/mol. The second kappa shape index (κ2) is 5.10. The Morgan fingerprint density at radius 2 is 1.88 bits per heavy atom. The number of nitrogens with two attached hydrogens (primary N) is 1. The van der Waals surface area contributed by atoms with Gasteiger partial charge in [-0.2, -0.15) is 0 Å². The zero-order valence-electron chi connectivity index (χ0n) is 9.41. The Kier molecular flexibility index (Phi) is 3.54. The minimum absolute atomic E-state index is 0.703. The molecule has 0 unspecified atom stereocenters. The molecule has 0 atom stereocenters. The normalized spacial score (nSPS) is 10.0. The third-order valence-corrected chi connectivity index (χ3v) is 2.88. The Hall–Kier alpha value is -1.68. The molecule has 2 rings (SSSR count). The molecule has 0 aliphatic carbocycles. The van der Waals surface area contributed by atoms with Crippen molar-refractivity contribution in [3.8, 4) is 5.75 Å². The van der Waals surface area contributed by atoms with Gasteiger partial charge in [0.2, 0.25) is 0 Å². The van der Waals surface area contributed by atoms with Gasteiger partial charge in [0.05, 0.1) is 24.2 Å². The average Bonchev–Trinajstić information content (AvgIpc) is 2.32. The van der Waals surface area contributed by atoms with Gasteiger partial charge in [-0.05, 0) is 30.3 Å². The molecule has 0 bridgehead atoms. The maximum Gasteiger partial charge on any atom is 0.142 e. The highest BCUT2D eigenvalue weighted by atomic mass is 79.9. The van der Waals surface area contributed by atoms with Crippen LogP contribution in [0.5, 0.6) is 5.75 Å². The van der Waals surface area contributed by atoms with E-state index in [2.05, 4.69) is 21.2 Å². The molecular formula is C13H13BrN2O. The Labute approximate surface area is 109 Å². The summed E-state index contributed by atoms with van der Waals surface area (Å²) in [5.74, 6) is 0.774. The lowest BCUT2D eigenvalue weighted by atomic mass is 10.2. The molecule has 0 saturated heterocycles. The minimum Gasteiger partial charge on any atom is -0.495 e. The van der Waals surface area contributed by atoms with E-state index in [9.17, 15) is 0 Å². The highest BCUT2D eigenvalue weighted by Gasteiger charge is 2.05. The SMILES string of the molecule is COc1ccc(Br)cc1Nc1ccccc1N. The lowest BCUT2D eigenvalue weighted by molar-refractivity contribution is 0.417. The van der Waals surface area contributed by atoms with Crippen molar-refractivity contribution in [1.82, 2.24) is 0 Å². The van der Waals surface area contributed by atoms with Crippen LogP contribution in [0.1, 0.15) is 0 Å². The average molecular weight is 293 g/mol. The van der Waals surface area contributed by atoms with E-state index in [-0.39, 0.29) is 0 Å². The second-order valence-corrected chi connectivity index (χ2v) is 4.47. The Morgan fingerprint density at radius 1 is 1.12 bits per heavy atom. The van der Waals surface area contributed by atoms with Crippen LogP contribution in [0.3, 0.4) is 0 Å². The van der Waals surface area contributed by atoms with Crippen LogP contribution in [0, 0.1) is 0 Å². The monoisotopic (exact) mass is 292 g/mol. The van der Waals surface area contributed by atoms with Crippen LogP contribution < -0.4 is 15.8 Å². The molecule has 4 heteroatoms. The van der Waals surface area contributed by atoms with Gasteiger partial charge in [-0.15, -0.1) is 0 Å². The van der Waals surface area contributed by atoms with Crippen molar-refractivity contribution in [1.29, 1.82) is 0 Å². The zero-order chi connectivity index (χ0) is 12.3. The van der Waals surface area contributed by atoms with E-state index in [1.165, 1.54) is 0 Å². The molecule has 0 aliphatic rings. The predicted octanol–water partition coefficient (Wildman–Crippen LogP) is 3.78. The topological polar surface area (TPSA) is 47.3 Å². The number of hydrogen-bond donors (Lipinski definition) is 2. The molecule has 0 fully saturated rings. The Bertz CT molecular complexity index is 529. The smallest absolute Gasteiger partial charge is 0.142 e. The molecule has 3 N–H and O–H groups in total. The molecule has 0 saturated carbocycles. The molecular weight excluding hydrogens is 280 g/mol. The van der Waals surface area contributed by atoms with Crippen LogP contribution in [0.25, 0.3) is 0 Å². The van der Waals surface area contributed by atoms with E-state index in [4.69, 9.17) is 10.5 Å². The maximum atomic E-state index is 5.88. The first-order chi connectivity index (χ1) is 8.20. The summed E-state index contributed by atoms with van der Waals surface area (Å²) in [6.07, 6.45) is 0. The van der Waals surface area contributed by atoms with Crippen molar-refractivity contribution in [2.45, 2.75) is 0 Å². The van der Waals surface area contributed by atoms with E-state index in [0.717, 1.165) is 21.6 Å². The number of hydrogen-bond acceptors (Lipinski definition) is 3. The van der Waals surface area contributed by atoms with Crippen molar-refractivity contribution in [3.63, 3.8) is 0 Å². The van der Waals surface area contributed by atoms with Crippen molar-refractivity contribution in [2.75, 3.05) is 18.2 Å². The Morgan fingerprint density at radius 3 is 2.59 bits per heavy atom. The third-order valence-electron chi connectivity index (χ3n) is 2.39. The van der Waals surface area contributed by atoms with Gasteiger partial charge in [0, 0.05) is 4.47 Å². The van der Waals surface area contributed by atoms with Crippen LogP contribution in [0.15, 0.2) is 46.9 Å². The van der Waals surface area contributed by atoms with Crippen molar-refractivity contribution >= 4 is 33.0 Å². The number of nitrogens with one attached hydrogen (secondary N) is 1. The van der Waals surface area contributed by atoms with Crippen molar-refractivity contribution in [3.05, 3.63) is 46.9 Å². The van der Waals surface area contributed by atoms with Crippen molar-refractivity contribution < 1.29 is 4.74 Å². The van der Waals surface area contributed by atoms with Crippen LogP contribution in [-0.4, -0.2) is 7.11 Å². The van der Waals surface area contributed by atoms with E-state index in [1.54, 1.807) is 7.11 Å². The first-order valence-corrected chi connectivity index (χ1v) is 5.95. The molecule has 0 amide bonds. The standard InChI is InChI=1S/C13H13BrN2O/c1-17-13-7-6-9(14)8-12(13)16-11-5-3-2-4-10(11)15/h2-8,16H,15H2,1H3. The highest BCUT2D eigenvalue weighted by molar-refractivity contribution is 9.10. The third kappa shape index (κ3) is 2.71. The number of anilines is 3. The Balaban J connectivity index is 2.35. The molecule has 0 spiro atoms. The zero-order valence-corrected chi connectivity index (χ0v) is 11.0. The van der Waals surface area contributed by atoms with Gasteiger partial charge < -0.3 is 15.8 Å². The summed E-state index contributed by atoms with van der Waals surface area (Å²) in [6.45, 7) is 0. The van der Waals surface area contributed by atoms with Gasteiger partial charge in [0.1, 0.15) is 5.75 Å². The van der Waals surface area contributed by atoms with Gasteiger partial charge in [-0.25, -0.2) is 0 Å². The lowest BCUT2D eigenvalue weighted by Crippen LogP contribution is -1.98. The number of methoxy groups -OCH3 is 1. The van der Waals surface area contributed by atoms with E-state index in [1.807, 2.05) is 42.5 Å². The van der Waals surface area contributed by atoms with E-state index in [0.29, 0.717) is 5.69 Å². The summed E-state index contributed by atoms with van der Waals surface area (Å²) < 4.78 is 6.27. The summed E-state index contributed by atoms with van der Waals surface area (Å²) in [7, 11) is 1.64. The quantitative estimate of drug-likeness (QED) is 0.847. The number of ether oxygens (including phenoxy) is 1. The summed E-state index contributed by atoms with van der Waals surface area (Å²) in [4.78, 5) is 0. The highest BCUT2D eigenvalue weighted by Crippen LogP contribution is 2.32. The number of nitrogen functional groups attached to an aromatic ring is 1. The number of rotatable bonds is 3. The molecule has 17 heavy (non-hydrogen) atoms. The molecule has 2 aromatic rings. The van der Waals surface area contributed by atoms with Gasteiger partial charge in [-0.1, -0.05) is 28.1 Å². The van der Waals surface area contributed by atoms with Crippen molar-refractivity contribution in [2.24, 2.45) is 0 Å². The molecule has 0 heterocycles. The summed E-state index contributed by atoms with van der Waals surface area (Å²) in [6, 6.07) is 13.4. The molecule has 2 aromatic carbocycles. The molecule has 0 radical (unpaired) electrons. The maximum absolute atomic E-state index is 5.88. The summed E-state index contributed by atoms with van der Waals surface area (Å²) >= 11 is 3.43. The second-order valence-electron chi connectivity index (χ2n) is 3.56. The molecule has 0 aromatic heterocycles. The van der Waals surface area contributed by atoms with Gasteiger partial charge in [-0.3, -0.25) is 0 Å². The lowest BCUT2D eigenvalue weighted by Gasteiger charge is -2.13. The molecule has 88 valence electrons. The van der Waals surface area contributed by atoms with Crippen LogP contribution >= 0.6 is 15.9 Å². The molecule has 0 aliphatic heterocycles. The first-order valence-electron chi connectivity index (χ1n) is 5.16.